The van der Waals surface area contributed by atoms with Crippen LogP contribution < -0.4 is 0 Å². The molecular weight excluding hydrogens is 230 g/mol. The number of ether oxygens (including phenoxy) is 2. The highest BCUT2D eigenvalue weighted by atomic mass is 16.5. The van der Waals surface area contributed by atoms with E-state index in [1.807, 2.05) is 24.3 Å². The van der Waals surface area contributed by atoms with Crippen LogP contribution in [0.25, 0.3) is 0 Å². The largest absolute Gasteiger partial charge is 0.395 e. The van der Waals surface area contributed by atoms with Crippen molar-refractivity contribution in [3.63, 3.8) is 0 Å². The van der Waals surface area contributed by atoms with Gasteiger partial charge in [0.25, 0.3) is 0 Å². The summed E-state index contributed by atoms with van der Waals surface area (Å²) in [6.07, 6.45) is 0. The molecule has 0 bridgehead atoms. The Morgan fingerprint density at radius 3 is 1.61 bits per heavy atom. The van der Waals surface area contributed by atoms with Crippen molar-refractivity contribution in [1.29, 1.82) is 0 Å². The quantitative estimate of drug-likeness (QED) is 0.618. The van der Waals surface area contributed by atoms with Crippen molar-refractivity contribution in [2.24, 2.45) is 0 Å². The molecule has 0 spiro atoms. The van der Waals surface area contributed by atoms with E-state index in [2.05, 4.69) is 0 Å². The van der Waals surface area contributed by atoms with Crippen LogP contribution in [0.1, 0.15) is 11.1 Å². The number of aliphatic hydroxyl groups is 2. The Morgan fingerprint density at radius 1 is 0.889 bits per heavy atom. The van der Waals surface area contributed by atoms with Crippen LogP contribution in [0.3, 0.4) is 0 Å². The molecule has 0 amide bonds. The zero-order chi connectivity index (χ0) is 13.4. The van der Waals surface area contributed by atoms with Gasteiger partial charge in [0.15, 0.2) is 0 Å². The zero-order valence-electron chi connectivity index (χ0n) is 10.2. The highest BCUT2D eigenvalue weighted by molar-refractivity contribution is 6.11. The van der Waals surface area contributed by atoms with E-state index in [4.69, 9.17) is 35.4 Å². The first kappa shape index (κ1) is 15.2. The van der Waals surface area contributed by atoms with E-state index in [1.54, 1.807) is 0 Å². The number of aliphatic hydroxyl groups excluding tert-OH is 2. The number of hydrogen-bond donors (Lipinski definition) is 2. The monoisotopic (exact) mass is 246 g/mol. The summed E-state index contributed by atoms with van der Waals surface area (Å²) in [5.41, 5.74) is 1.82. The lowest BCUT2D eigenvalue weighted by Crippen LogP contribution is -2.19. The van der Waals surface area contributed by atoms with Gasteiger partial charge in [-0.05, 0) is 11.1 Å². The van der Waals surface area contributed by atoms with Crippen molar-refractivity contribution in [2.75, 3.05) is 13.2 Å². The lowest BCUT2D eigenvalue weighted by Gasteiger charge is -2.15. The van der Waals surface area contributed by atoms with Gasteiger partial charge >= 0.3 is 0 Å². The average Bonchev–Trinajstić information content (AvgIpc) is 2.42. The molecule has 1 aromatic carbocycles. The van der Waals surface area contributed by atoms with Crippen molar-refractivity contribution in [3.8, 4) is 0 Å². The molecule has 1 aromatic rings. The molecule has 0 aromatic heterocycles. The highest BCUT2D eigenvalue weighted by Crippen LogP contribution is 2.12. The molecule has 4 nitrogen and oxygen atoms in total. The van der Waals surface area contributed by atoms with Crippen LogP contribution >= 0.6 is 0 Å². The molecule has 4 radical (unpaired) electrons. The fourth-order valence-corrected chi connectivity index (χ4v) is 1.34. The minimum absolute atomic E-state index is 0.228. The van der Waals surface area contributed by atoms with E-state index in [-0.39, 0.29) is 26.4 Å². The van der Waals surface area contributed by atoms with Crippen molar-refractivity contribution in [1.82, 2.24) is 0 Å². The minimum Gasteiger partial charge on any atom is -0.395 e. The predicted octanol–water partition coefficient (Wildman–Crippen LogP) is -0.306. The molecule has 18 heavy (non-hydrogen) atoms. The van der Waals surface area contributed by atoms with Crippen LogP contribution in [0.2, 0.25) is 0 Å². The molecular formula is C12H16B2O4. The van der Waals surface area contributed by atoms with E-state index in [0.29, 0.717) is 0 Å². The maximum Gasteiger partial charge on any atom is 0.112 e. The number of benzene rings is 1. The number of hydrogen-bond acceptors (Lipinski definition) is 4. The van der Waals surface area contributed by atoms with Crippen LogP contribution in [0.15, 0.2) is 24.3 Å². The molecule has 1 rings (SSSR count). The van der Waals surface area contributed by atoms with Crippen molar-refractivity contribution < 1.29 is 19.7 Å². The highest BCUT2D eigenvalue weighted by Gasteiger charge is 2.06. The van der Waals surface area contributed by atoms with Crippen LogP contribution in [0.4, 0.5) is 0 Å². The van der Waals surface area contributed by atoms with Gasteiger partial charge in [-0.2, -0.15) is 0 Å². The second-order valence-corrected chi connectivity index (χ2v) is 3.83. The fraction of sp³-hybridized carbons (Fsp3) is 0.500. The molecule has 2 atom stereocenters. The predicted molar refractivity (Wildman–Crippen MR) is 69.3 cm³/mol. The maximum absolute atomic E-state index is 8.77. The van der Waals surface area contributed by atoms with Crippen LogP contribution in [0, 0.1) is 0 Å². The third kappa shape index (κ3) is 5.23. The molecule has 2 N–H and O–H groups in total. The Hall–Kier alpha value is -0.810. The molecule has 0 saturated heterocycles. The SMILES string of the molecule is [B]C(CO)OCc1ccccc1CO[C@H]([B])CO. The Bertz CT molecular complexity index is 316. The zero-order valence-corrected chi connectivity index (χ0v) is 10.2. The van der Waals surface area contributed by atoms with Gasteiger partial charge in [-0.3, -0.25) is 0 Å². The van der Waals surface area contributed by atoms with E-state index in [1.165, 1.54) is 0 Å². The van der Waals surface area contributed by atoms with Gasteiger partial charge in [-0.1, -0.05) is 24.3 Å². The van der Waals surface area contributed by atoms with E-state index in [0.717, 1.165) is 11.1 Å². The molecule has 6 heteroatoms. The van der Waals surface area contributed by atoms with Gasteiger partial charge in [0.2, 0.25) is 0 Å². The molecule has 1 unspecified atom stereocenters. The van der Waals surface area contributed by atoms with Gasteiger partial charge in [-0.15, -0.1) is 0 Å². The summed E-state index contributed by atoms with van der Waals surface area (Å²) in [6.45, 7) is 0.118. The smallest absolute Gasteiger partial charge is 0.112 e. The number of rotatable bonds is 8. The van der Waals surface area contributed by atoms with Gasteiger partial charge in [0, 0.05) is 12.0 Å². The first-order valence-electron chi connectivity index (χ1n) is 5.70. The van der Waals surface area contributed by atoms with Crippen molar-refractivity contribution in [2.45, 2.75) is 25.2 Å². The Labute approximate surface area is 110 Å². The fourth-order valence-electron chi connectivity index (χ4n) is 1.34. The second-order valence-electron chi connectivity index (χ2n) is 3.83. The molecule has 0 saturated carbocycles. The summed E-state index contributed by atoms with van der Waals surface area (Å²) in [5, 5.41) is 17.5. The van der Waals surface area contributed by atoms with E-state index in [9.17, 15) is 0 Å². The molecule has 0 aliphatic carbocycles. The van der Waals surface area contributed by atoms with Crippen LogP contribution in [-0.4, -0.2) is 51.1 Å². The summed E-state index contributed by atoms with van der Waals surface area (Å²) >= 11 is 0. The third-order valence-electron chi connectivity index (χ3n) is 2.38. The summed E-state index contributed by atoms with van der Waals surface area (Å²) < 4.78 is 10.5. The van der Waals surface area contributed by atoms with E-state index >= 15 is 0 Å². The maximum atomic E-state index is 8.77. The average molecular weight is 246 g/mol. The minimum atomic E-state index is -0.696. The first-order chi connectivity index (χ1) is 8.67. The Morgan fingerprint density at radius 2 is 1.28 bits per heavy atom. The van der Waals surface area contributed by atoms with Crippen molar-refractivity contribution in [3.05, 3.63) is 35.4 Å². The Kier molecular flexibility index (Phi) is 7.05. The lowest BCUT2D eigenvalue weighted by molar-refractivity contribution is 0.0430. The Balaban J connectivity index is 2.56. The van der Waals surface area contributed by atoms with Crippen LogP contribution in [-0.2, 0) is 22.7 Å². The van der Waals surface area contributed by atoms with Crippen molar-refractivity contribution >= 4 is 15.7 Å². The van der Waals surface area contributed by atoms with Crippen LogP contribution in [0.5, 0.6) is 0 Å². The van der Waals surface area contributed by atoms with E-state index < -0.39 is 12.0 Å². The summed E-state index contributed by atoms with van der Waals surface area (Å²) in [6, 6.07) is 6.12. The van der Waals surface area contributed by atoms with Gasteiger partial charge in [0.1, 0.15) is 15.7 Å². The van der Waals surface area contributed by atoms with Gasteiger partial charge in [-0.25, -0.2) is 0 Å². The molecule has 0 aliphatic rings. The summed E-state index contributed by atoms with van der Waals surface area (Å²) in [5.74, 6) is 0. The normalized spacial score (nSPS) is 14.3. The molecule has 0 fully saturated rings. The summed E-state index contributed by atoms with van der Waals surface area (Å²) in [7, 11) is 10.9. The summed E-state index contributed by atoms with van der Waals surface area (Å²) in [4.78, 5) is 0. The second kappa shape index (κ2) is 8.32. The lowest BCUT2D eigenvalue weighted by atomic mass is 10.0. The molecule has 94 valence electrons. The van der Waals surface area contributed by atoms with Gasteiger partial charge < -0.3 is 19.7 Å². The molecule has 0 heterocycles. The standard InChI is InChI=1S/C12H16B2O4/c13-11(5-15)17-7-9-3-1-2-4-10(9)8-18-12(14)6-16/h1-4,11-12,15-16H,5-8H2/t11-,12?/m0/s1. The first-order valence-corrected chi connectivity index (χ1v) is 5.70. The topological polar surface area (TPSA) is 58.9 Å². The van der Waals surface area contributed by atoms with Gasteiger partial charge in [0.05, 0.1) is 26.4 Å². The third-order valence-corrected chi connectivity index (χ3v) is 2.38. The molecule has 0 aliphatic heterocycles.